The molecule has 13 heavy (non-hydrogen) atoms. The molecular weight excluding hydrogens is 269 g/mol. The normalized spacial score (nSPS) is 11.7. The average Bonchev–Trinajstić information content (AvgIpc) is 2.31. The van der Waals surface area contributed by atoms with E-state index in [1.807, 2.05) is 0 Å². The van der Waals surface area contributed by atoms with Crippen LogP contribution in [0.15, 0.2) is 15.9 Å². The monoisotopic (exact) mass is 272 g/mol. The van der Waals surface area contributed by atoms with Crippen LogP contribution in [0.2, 0.25) is 0 Å². The highest BCUT2D eigenvalue weighted by molar-refractivity contribution is 9.10. The van der Waals surface area contributed by atoms with Gasteiger partial charge in [-0.25, -0.2) is 0 Å². The van der Waals surface area contributed by atoms with Crippen molar-refractivity contribution in [1.82, 2.24) is 0 Å². The molecular formula is C7H4BrF3OS. The van der Waals surface area contributed by atoms with Gasteiger partial charge in [0.2, 0.25) is 0 Å². The molecule has 1 aromatic rings. The van der Waals surface area contributed by atoms with Crippen LogP contribution < -0.4 is 0 Å². The first-order valence-corrected chi connectivity index (χ1v) is 4.90. The van der Waals surface area contributed by atoms with Gasteiger partial charge in [-0.3, -0.25) is 4.79 Å². The van der Waals surface area contributed by atoms with Crippen molar-refractivity contribution in [2.24, 2.45) is 0 Å². The molecule has 0 atom stereocenters. The third-order valence-corrected chi connectivity index (χ3v) is 2.94. The summed E-state index contributed by atoms with van der Waals surface area (Å²) in [5.41, 5.74) is 0. The second-order valence-corrected chi connectivity index (χ2v) is 4.17. The predicted octanol–water partition coefficient (Wildman–Crippen LogP) is 3.65. The SMILES string of the molecule is O=C(CC(F)(F)F)c1cc(Br)cs1. The molecule has 72 valence electrons. The van der Waals surface area contributed by atoms with Crippen molar-refractivity contribution in [3.8, 4) is 0 Å². The summed E-state index contributed by atoms with van der Waals surface area (Å²) in [7, 11) is 0. The van der Waals surface area contributed by atoms with Crippen LogP contribution in [0.25, 0.3) is 0 Å². The van der Waals surface area contributed by atoms with E-state index in [0.717, 1.165) is 11.3 Å². The first-order chi connectivity index (χ1) is 5.88. The van der Waals surface area contributed by atoms with Crippen molar-refractivity contribution in [3.05, 3.63) is 20.8 Å². The van der Waals surface area contributed by atoms with E-state index < -0.39 is 18.4 Å². The molecule has 1 nitrogen and oxygen atoms in total. The summed E-state index contributed by atoms with van der Waals surface area (Å²) >= 11 is 4.06. The average molecular weight is 273 g/mol. The van der Waals surface area contributed by atoms with Crippen molar-refractivity contribution < 1.29 is 18.0 Å². The molecule has 0 unspecified atom stereocenters. The summed E-state index contributed by atoms with van der Waals surface area (Å²) in [6, 6.07) is 1.39. The molecule has 0 aliphatic heterocycles. The maximum Gasteiger partial charge on any atom is 0.396 e. The third-order valence-electron chi connectivity index (χ3n) is 1.20. The van der Waals surface area contributed by atoms with E-state index in [-0.39, 0.29) is 4.88 Å². The molecule has 0 aliphatic carbocycles. The topological polar surface area (TPSA) is 17.1 Å². The second kappa shape index (κ2) is 3.79. The van der Waals surface area contributed by atoms with Gasteiger partial charge in [-0.15, -0.1) is 11.3 Å². The molecule has 1 aromatic heterocycles. The quantitative estimate of drug-likeness (QED) is 0.752. The van der Waals surface area contributed by atoms with E-state index in [2.05, 4.69) is 15.9 Å². The fraction of sp³-hybridized carbons (Fsp3) is 0.286. The molecule has 0 saturated heterocycles. The molecule has 0 fully saturated rings. The lowest BCUT2D eigenvalue weighted by atomic mass is 10.2. The zero-order valence-electron chi connectivity index (χ0n) is 6.19. The Morgan fingerprint density at radius 3 is 2.54 bits per heavy atom. The van der Waals surface area contributed by atoms with E-state index >= 15 is 0 Å². The van der Waals surface area contributed by atoms with Crippen molar-refractivity contribution in [2.75, 3.05) is 0 Å². The van der Waals surface area contributed by atoms with E-state index in [1.165, 1.54) is 6.07 Å². The summed E-state index contributed by atoms with van der Waals surface area (Å²) in [5, 5.41) is 1.57. The number of ketones is 1. The van der Waals surface area contributed by atoms with Gasteiger partial charge in [-0.2, -0.15) is 13.2 Å². The van der Waals surface area contributed by atoms with Crippen molar-refractivity contribution in [3.63, 3.8) is 0 Å². The summed E-state index contributed by atoms with van der Waals surface area (Å²) < 4.78 is 35.9. The lowest BCUT2D eigenvalue weighted by Crippen LogP contribution is -2.13. The van der Waals surface area contributed by atoms with E-state index in [9.17, 15) is 18.0 Å². The smallest absolute Gasteiger partial charge is 0.293 e. The first-order valence-electron chi connectivity index (χ1n) is 3.22. The summed E-state index contributed by atoms with van der Waals surface area (Å²) in [6.45, 7) is 0. The van der Waals surface area contributed by atoms with Gasteiger partial charge < -0.3 is 0 Å². The largest absolute Gasteiger partial charge is 0.396 e. The Kier molecular flexibility index (Phi) is 3.13. The molecule has 0 bridgehead atoms. The van der Waals surface area contributed by atoms with Crippen LogP contribution in [0.4, 0.5) is 13.2 Å². The Labute approximate surface area is 84.7 Å². The van der Waals surface area contributed by atoms with Crippen LogP contribution >= 0.6 is 27.3 Å². The molecule has 0 aliphatic rings. The number of alkyl halides is 3. The molecule has 0 spiro atoms. The number of carbonyl (C=O) groups is 1. The summed E-state index contributed by atoms with van der Waals surface area (Å²) in [4.78, 5) is 11.1. The molecule has 0 saturated carbocycles. The molecule has 1 heterocycles. The van der Waals surface area contributed by atoms with Crippen LogP contribution in [-0.2, 0) is 0 Å². The van der Waals surface area contributed by atoms with Crippen LogP contribution in [0.5, 0.6) is 0 Å². The lowest BCUT2D eigenvalue weighted by Gasteiger charge is -2.02. The maximum atomic E-state index is 11.8. The van der Waals surface area contributed by atoms with E-state index in [4.69, 9.17) is 0 Å². The highest BCUT2D eigenvalue weighted by atomic mass is 79.9. The van der Waals surface area contributed by atoms with Crippen LogP contribution in [0.3, 0.4) is 0 Å². The number of thiophene rings is 1. The van der Waals surface area contributed by atoms with Gasteiger partial charge >= 0.3 is 6.18 Å². The highest BCUT2D eigenvalue weighted by Crippen LogP contribution is 2.26. The first kappa shape index (κ1) is 10.7. The zero-order valence-corrected chi connectivity index (χ0v) is 8.59. The minimum atomic E-state index is -4.42. The van der Waals surface area contributed by atoms with Gasteiger partial charge in [0.05, 0.1) is 4.88 Å². The van der Waals surface area contributed by atoms with Gasteiger partial charge in [-0.1, -0.05) is 0 Å². The second-order valence-electron chi connectivity index (χ2n) is 2.34. The van der Waals surface area contributed by atoms with E-state index in [0.29, 0.717) is 4.47 Å². The van der Waals surface area contributed by atoms with Gasteiger partial charge in [0.15, 0.2) is 5.78 Å². The maximum absolute atomic E-state index is 11.8. The standard InChI is InChI=1S/C7H4BrF3OS/c8-4-1-6(13-3-4)5(12)2-7(9,10)11/h1,3H,2H2. The summed E-state index contributed by atoms with van der Waals surface area (Å²) in [6.07, 6.45) is -5.81. The van der Waals surface area contributed by atoms with Crippen LogP contribution in [0, 0.1) is 0 Å². The number of carbonyl (C=O) groups excluding carboxylic acids is 1. The highest BCUT2D eigenvalue weighted by Gasteiger charge is 2.31. The molecule has 0 radical (unpaired) electrons. The fourth-order valence-corrected chi connectivity index (χ4v) is 2.10. The van der Waals surface area contributed by atoms with Gasteiger partial charge in [0.1, 0.15) is 6.42 Å². The minimum Gasteiger partial charge on any atom is -0.293 e. The molecule has 6 heteroatoms. The number of Topliss-reactive ketones (excluding diaryl/α,β-unsaturated/α-hetero) is 1. The van der Waals surface area contributed by atoms with Crippen molar-refractivity contribution in [2.45, 2.75) is 12.6 Å². The number of hydrogen-bond donors (Lipinski definition) is 0. The third kappa shape index (κ3) is 3.48. The number of halogens is 4. The molecule has 0 aromatic carbocycles. The predicted molar refractivity (Wildman–Crippen MR) is 47.0 cm³/mol. The van der Waals surface area contributed by atoms with Crippen molar-refractivity contribution >= 4 is 33.0 Å². The molecule has 0 amide bonds. The molecule has 1 rings (SSSR count). The van der Waals surface area contributed by atoms with Gasteiger partial charge in [0.25, 0.3) is 0 Å². The lowest BCUT2D eigenvalue weighted by molar-refractivity contribution is -0.125. The molecule has 0 N–H and O–H groups in total. The Bertz CT molecular complexity index is 318. The van der Waals surface area contributed by atoms with Crippen molar-refractivity contribution in [1.29, 1.82) is 0 Å². The fourth-order valence-electron chi connectivity index (χ4n) is 0.728. The van der Waals surface area contributed by atoms with Crippen LogP contribution in [0.1, 0.15) is 16.1 Å². The minimum absolute atomic E-state index is 0.129. The zero-order chi connectivity index (χ0) is 10.1. The Hall–Kier alpha value is -0.360. The van der Waals surface area contributed by atoms with Gasteiger partial charge in [0, 0.05) is 9.85 Å². The Balaban J connectivity index is 2.70. The Morgan fingerprint density at radius 1 is 1.54 bits per heavy atom. The summed E-state index contributed by atoms with van der Waals surface area (Å²) in [5.74, 6) is -0.886. The van der Waals surface area contributed by atoms with Gasteiger partial charge in [-0.05, 0) is 22.0 Å². The number of hydrogen-bond acceptors (Lipinski definition) is 2. The van der Waals surface area contributed by atoms with Crippen LogP contribution in [-0.4, -0.2) is 12.0 Å². The number of rotatable bonds is 2. The van der Waals surface area contributed by atoms with E-state index in [1.54, 1.807) is 5.38 Å². The Morgan fingerprint density at radius 2 is 2.15 bits per heavy atom.